The Bertz CT molecular complexity index is 143. The molecule has 0 aliphatic carbocycles. The van der Waals surface area contributed by atoms with Crippen LogP contribution in [0.25, 0.3) is 0 Å². The summed E-state index contributed by atoms with van der Waals surface area (Å²) in [6, 6.07) is 0.651. The number of hydrogen-bond donors (Lipinski definition) is 2. The van der Waals surface area contributed by atoms with E-state index in [4.69, 9.17) is 0 Å². The Kier molecular flexibility index (Phi) is 6.65. The van der Waals surface area contributed by atoms with Crippen molar-refractivity contribution in [3.8, 4) is 0 Å². The van der Waals surface area contributed by atoms with E-state index in [1.54, 1.807) is 0 Å². The van der Waals surface area contributed by atoms with Gasteiger partial charge in [-0.1, -0.05) is 41.0 Å². The fraction of sp³-hybridized carbons (Fsp3) is 1.00. The van der Waals surface area contributed by atoms with Crippen molar-refractivity contribution in [1.29, 1.82) is 0 Å². The highest BCUT2D eigenvalue weighted by Gasteiger charge is 2.27. The van der Waals surface area contributed by atoms with Gasteiger partial charge < -0.3 is 10.6 Å². The fourth-order valence-electron chi connectivity index (χ4n) is 1.90. The van der Waals surface area contributed by atoms with Gasteiger partial charge in [0, 0.05) is 23.0 Å². The van der Waals surface area contributed by atoms with Crippen LogP contribution in [0.2, 0.25) is 5.04 Å². The highest BCUT2D eigenvalue weighted by molar-refractivity contribution is 6.15. The first kappa shape index (κ1) is 14.1. The summed E-state index contributed by atoms with van der Waals surface area (Å²) >= 11 is 0. The summed E-state index contributed by atoms with van der Waals surface area (Å²) < 4.78 is 0. The van der Waals surface area contributed by atoms with E-state index in [1.165, 1.54) is 16.7 Å². The minimum Gasteiger partial charge on any atom is -0.305 e. The normalized spacial score (nSPS) is 16.9. The molecule has 2 nitrogen and oxygen atoms in total. The summed E-state index contributed by atoms with van der Waals surface area (Å²) in [5.74, 6) is 0.765. The smallest absolute Gasteiger partial charge is 0.0456 e. The Morgan fingerprint density at radius 1 is 1.29 bits per heavy atom. The molecular weight excluding hydrogens is 188 g/mol. The second-order valence-corrected chi connectivity index (χ2v) is 7.79. The maximum absolute atomic E-state index is 3.63. The minimum absolute atomic E-state index is 0.477. The molecule has 0 saturated carbocycles. The molecule has 0 aromatic carbocycles. The Balaban J connectivity index is 4.12. The number of rotatable bonds is 7. The zero-order chi connectivity index (χ0) is 11.2. The van der Waals surface area contributed by atoms with Gasteiger partial charge in [0.1, 0.15) is 0 Å². The predicted octanol–water partition coefficient (Wildman–Crippen LogP) is 1.12. The van der Waals surface area contributed by atoms with Gasteiger partial charge in [0.15, 0.2) is 0 Å². The van der Waals surface area contributed by atoms with Crippen molar-refractivity contribution in [2.45, 2.75) is 52.1 Å². The zero-order valence-electron chi connectivity index (χ0n) is 10.8. The summed E-state index contributed by atoms with van der Waals surface area (Å²) in [4.78, 5) is 0. The van der Waals surface area contributed by atoms with Gasteiger partial charge in [-0.15, -0.1) is 0 Å². The summed E-state index contributed by atoms with van der Waals surface area (Å²) in [6.07, 6.45) is 1.26. The Labute approximate surface area is 92.7 Å². The third-order valence-electron chi connectivity index (χ3n) is 2.84. The minimum atomic E-state index is 0.477. The topological polar surface area (TPSA) is 24.1 Å². The van der Waals surface area contributed by atoms with E-state index in [9.17, 15) is 0 Å². The summed E-state index contributed by atoms with van der Waals surface area (Å²) in [5.41, 5.74) is 0. The van der Waals surface area contributed by atoms with Crippen molar-refractivity contribution in [3.63, 3.8) is 0 Å². The molecular formula is C11H28N2Si. The average Bonchev–Trinajstić information content (AvgIpc) is 2.09. The van der Waals surface area contributed by atoms with Gasteiger partial charge in [-0.05, 0) is 17.5 Å². The SMILES string of the molecule is CCNCNC(C(C)CC)C(C)(C)[SiH3]. The first-order chi connectivity index (χ1) is 6.43. The van der Waals surface area contributed by atoms with Crippen LogP contribution < -0.4 is 10.6 Å². The van der Waals surface area contributed by atoms with Gasteiger partial charge in [0.05, 0.1) is 0 Å². The molecule has 2 atom stereocenters. The highest BCUT2D eigenvalue weighted by Crippen LogP contribution is 2.30. The maximum atomic E-state index is 3.63. The monoisotopic (exact) mass is 216 g/mol. The molecule has 0 bridgehead atoms. The average molecular weight is 216 g/mol. The van der Waals surface area contributed by atoms with Crippen molar-refractivity contribution in [2.75, 3.05) is 13.2 Å². The van der Waals surface area contributed by atoms with E-state index < -0.39 is 0 Å². The third kappa shape index (κ3) is 5.13. The van der Waals surface area contributed by atoms with Crippen molar-refractivity contribution in [3.05, 3.63) is 0 Å². The summed E-state index contributed by atoms with van der Waals surface area (Å²) in [7, 11) is 1.24. The molecule has 14 heavy (non-hydrogen) atoms. The van der Waals surface area contributed by atoms with Crippen LogP contribution in [-0.2, 0) is 0 Å². The second-order valence-electron chi connectivity index (χ2n) is 5.21. The van der Waals surface area contributed by atoms with Crippen LogP contribution in [0.3, 0.4) is 0 Å². The second kappa shape index (κ2) is 6.59. The van der Waals surface area contributed by atoms with Crippen LogP contribution in [0.5, 0.6) is 0 Å². The highest BCUT2D eigenvalue weighted by atomic mass is 28.1. The lowest BCUT2D eigenvalue weighted by molar-refractivity contribution is 0.298. The lowest BCUT2D eigenvalue weighted by Gasteiger charge is -2.36. The molecule has 0 aromatic heterocycles. The Hall–Kier alpha value is 0.137. The van der Waals surface area contributed by atoms with Crippen LogP contribution >= 0.6 is 0 Å². The van der Waals surface area contributed by atoms with E-state index in [2.05, 4.69) is 45.3 Å². The fourth-order valence-corrected chi connectivity index (χ4v) is 2.68. The molecule has 0 aromatic rings. The van der Waals surface area contributed by atoms with Crippen LogP contribution in [0.1, 0.15) is 41.0 Å². The molecule has 0 aliphatic heterocycles. The largest absolute Gasteiger partial charge is 0.305 e. The van der Waals surface area contributed by atoms with Crippen LogP contribution in [0, 0.1) is 5.92 Å². The summed E-state index contributed by atoms with van der Waals surface area (Å²) in [6.45, 7) is 13.5. The zero-order valence-corrected chi connectivity index (χ0v) is 12.8. The van der Waals surface area contributed by atoms with Crippen LogP contribution in [-0.4, -0.2) is 29.5 Å². The Morgan fingerprint density at radius 3 is 2.21 bits per heavy atom. The van der Waals surface area contributed by atoms with E-state index in [0.29, 0.717) is 11.1 Å². The lowest BCUT2D eigenvalue weighted by Crippen LogP contribution is -2.46. The molecule has 0 amide bonds. The van der Waals surface area contributed by atoms with Crippen molar-refractivity contribution >= 4 is 10.2 Å². The molecule has 2 N–H and O–H groups in total. The van der Waals surface area contributed by atoms with Gasteiger partial charge in [0.25, 0.3) is 0 Å². The van der Waals surface area contributed by atoms with Crippen molar-refractivity contribution < 1.29 is 0 Å². The number of hydrogen-bond acceptors (Lipinski definition) is 2. The van der Waals surface area contributed by atoms with Gasteiger partial charge in [0.2, 0.25) is 0 Å². The number of nitrogens with one attached hydrogen (secondary N) is 2. The first-order valence-electron chi connectivity index (χ1n) is 5.87. The van der Waals surface area contributed by atoms with Gasteiger partial charge >= 0.3 is 0 Å². The first-order valence-corrected chi connectivity index (χ1v) is 6.87. The molecule has 86 valence electrons. The van der Waals surface area contributed by atoms with Crippen molar-refractivity contribution in [2.24, 2.45) is 5.92 Å². The van der Waals surface area contributed by atoms with Crippen molar-refractivity contribution in [1.82, 2.24) is 10.6 Å². The molecule has 0 heterocycles. The molecule has 0 fully saturated rings. The Morgan fingerprint density at radius 2 is 1.86 bits per heavy atom. The van der Waals surface area contributed by atoms with E-state index in [0.717, 1.165) is 19.1 Å². The lowest BCUT2D eigenvalue weighted by atomic mass is 9.89. The molecule has 2 unspecified atom stereocenters. The van der Waals surface area contributed by atoms with E-state index in [1.807, 2.05) is 0 Å². The molecule has 0 aliphatic rings. The van der Waals surface area contributed by atoms with E-state index in [-0.39, 0.29) is 0 Å². The standard InChI is InChI=1S/C11H28N2Si/c1-6-9(3)10(11(4,5)14)13-8-12-7-2/h9-10,12-13H,6-8H2,1-5,14H3. The molecule has 0 spiro atoms. The van der Waals surface area contributed by atoms with Gasteiger partial charge in [-0.25, -0.2) is 0 Å². The van der Waals surface area contributed by atoms with Crippen LogP contribution in [0.15, 0.2) is 0 Å². The summed E-state index contributed by atoms with van der Waals surface area (Å²) in [5, 5.41) is 7.45. The van der Waals surface area contributed by atoms with Gasteiger partial charge in [-0.2, -0.15) is 0 Å². The molecule has 3 heteroatoms. The van der Waals surface area contributed by atoms with Crippen LogP contribution in [0.4, 0.5) is 0 Å². The quantitative estimate of drug-likeness (QED) is 0.379. The van der Waals surface area contributed by atoms with Gasteiger partial charge in [-0.3, -0.25) is 0 Å². The maximum Gasteiger partial charge on any atom is 0.0456 e. The molecule has 0 rings (SSSR count). The third-order valence-corrected chi connectivity index (χ3v) is 3.46. The van der Waals surface area contributed by atoms with E-state index >= 15 is 0 Å². The molecule has 0 saturated heterocycles. The predicted molar refractivity (Wildman–Crippen MR) is 68.9 cm³/mol. The molecule has 0 radical (unpaired) electrons.